The summed E-state index contributed by atoms with van der Waals surface area (Å²) in [4.78, 5) is 1.20. The van der Waals surface area contributed by atoms with Crippen LogP contribution in [0.2, 0.25) is 0 Å². The van der Waals surface area contributed by atoms with E-state index in [1.54, 1.807) is 11.8 Å². The number of hydrogen-bond acceptors (Lipinski definition) is 3. The molecule has 0 radical (unpaired) electrons. The molecule has 0 unspecified atom stereocenters. The first-order chi connectivity index (χ1) is 8.45. The number of para-hydroxylation sites is 1. The maximum absolute atomic E-state index is 4.04. The monoisotopic (exact) mass is 243 g/mol. The molecule has 0 heterocycles. The molecule has 0 spiro atoms. The van der Waals surface area contributed by atoms with Crippen LogP contribution < -0.4 is 5.43 Å². The Morgan fingerprint density at radius 1 is 0.882 bits per heavy atom. The van der Waals surface area contributed by atoms with Gasteiger partial charge in [0, 0.05) is 4.90 Å². The number of rotatable bonds is 5. The molecule has 2 rings (SSSR count). The van der Waals surface area contributed by atoms with Crippen molar-refractivity contribution in [3.8, 4) is 0 Å². The van der Waals surface area contributed by atoms with Gasteiger partial charge in [0.25, 0.3) is 0 Å². The molecule has 2 aromatic rings. The van der Waals surface area contributed by atoms with E-state index in [1.807, 2.05) is 48.5 Å². The summed E-state index contributed by atoms with van der Waals surface area (Å²) in [6.07, 6.45) is 0. The Labute approximate surface area is 105 Å². The van der Waals surface area contributed by atoms with E-state index in [0.717, 1.165) is 5.69 Å². The molecule has 17 heavy (non-hydrogen) atoms. The summed E-state index contributed by atoms with van der Waals surface area (Å²) >= 11 is 1.66. The molecule has 0 saturated heterocycles. The van der Waals surface area contributed by atoms with E-state index in [9.17, 15) is 0 Å². The van der Waals surface area contributed by atoms with Crippen molar-refractivity contribution >= 4 is 17.4 Å². The average Bonchev–Trinajstić information content (AvgIpc) is 2.41. The Morgan fingerprint density at radius 2 is 1.53 bits per heavy atom. The second-order valence-corrected chi connectivity index (χ2v) is 4.32. The van der Waals surface area contributed by atoms with Gasteiger partial charge in [0.1, 0.15) is 5.88 Å². The number of hydrogen-bond donors (Lipinski definition) is 1. The Hall–Kier alpha value is -1.81. The van der Waals surface area contributed by atoms with E-state index >= 15 is 0 Å². The lowest BCUT2D eigenvalue weighted by Crippen LogP contribution is -1.85. The lowest BCUT2D eigenvalue weighted by Gasteiger charge is -1.98. The van der Waals surface area contributed by atoms with Crippen LogP contribution in [-0.2, 0) is 0 Å². The maximum atomic E-state index is 4.04. The number of nitrogens with one attached hydrogen (secondary N) is 1. The molecule has 0 aromatic heterocycles. The van der Waals surface area contributed by atoms with Crippen molar-refractivity contribution in [2.24, 2.45) is 10.3 Å². The molecule has 0 bridgehead atoms. The highest BCUT2D eigenvalue weighted by atomic mass is 32.2. The van der Waals surface area contributed by atoms with E-state index in [-0.39, 0.29) is 0 Å². The van der Waals surface area contributed by atoms with Gasteiger partial charge in [0.2, 0.25) is 0 Å². The van der Waals surface area contributed by atoms with Crippen LogP contribution in [0, 0.1) is 0 Å². The predicted molar refractivity (Wildman–Crippen MR) is 72.1 cm³/mol. The molecule has 4 heteroatoms. The predicted octanol–water partition coefficient (Wildman–Crippen LogP) is 4.22. The number of benzene rings is 2. The van der Waals surface area contributed by atoms with Crippen molar-refractivity contribution in [3.63, 3.8) is 0 Å². The molecule has 0 aliphatic heterocycles. The first kappa shape index (κ1) is 11.7. The van der Waals surface area contributed by atoms with Gasteiger partial charge in [0.15, 0.2) is 0 Å². The van der Waals surface area contributed by atoms with E-state index in [0.29, 0.717) is 5.88 Å². The van der Waals surface area contributed by atoms with Gasteiger partial charge in [-0.3, -0.25) is 5.43 Å². The van der Waals surface area contributed by atoms with Crippen LogP contribution in [0.1, 0.15) is 0 Å². The molecular formula is C13H13N3S. The lowest BCUT2D eigenvalue weighted by atomic mass is 10.3. The molecule has 1 N–H and O–H groups in total. The summed E-state index contributed by atoms with van der Waals surface area (Å²) in [6.45, 7) is 0. The summed E-state index contributed by atoms with van der Waals surface area (Å²) < 4.78 is 0. The van der Waals surface area contributed by atoms with Crippen LogP contribution in [-0.4, -0.2) is 5.88 Å². The third kappa shape index (κ3) is 4.28. The molecule has 0 fully saturated rings. The van der Waals surface area contributed by atoms with Crippen LogP contribution in [0.4, 0.5) is 5.69 Å². The minimum atomic E-state index is 0.615. The van der Waals surface area contributed by atoms with E-state index in [2.05, 4.69) is 27.9 Å². The zero-order valence-electron chi connectivity index (χ0n) is 9.28. The summed E-state index contributed by atoms with van der Waals surface area (Å²) in [7, 11) is 0. The van der Waals surface area contributed by atoms with Gasteiger partial charge in [-0.15, -0.1) is 11.8 Å². The van der Waals surface area contributed by atoms with E-state index < -0.39 is 0 Å². The number of thioether (sulfide) groups is 1. The highest BCUT2D eigenvalue weighted by molar-refractivity contribution is 7.99. The third-order valence-electron chi connectivity index (χ3n) is 2.06. The molecular weight excluding hydrogens is 230 g/mol. The molecule has 2 aromatic carbocycles. The summed E-state index contributed by atoms with van der Waals surface area (Å²) in [6, 6.07) is 19.9. The van der Waals surface area contributed by atoms with Crippen LogP contribution >= 0.6 is 11.8 Å². The van der Waals surface area contributed by atoms with Crippen molar-refractivity contribution in [2.75, 3.05) is 11.3 Å². The first-order valence-corrected chi connectivity index (χ1v) is 6.29. The normalized spacial score (nSPS) is 10.6. The van der Waals surface area contributed by atoms with Gasteiger partial charge in [-0.2, -0.15) is 5.11 Å². The maximum Gasteiger partial charge on any atom is 0.112 e. The van der Waals surface area contributed by atoms with Crippen molar-refractivity contribution in [2.45, 2.75) is 4.90 Å². The van der Waals surface area contributed by atoms with Gasteiger partial charge in [0.05, 0.1) is 5.69 Å². The standard InChI is InChI=1S/C13H13N3S/c1-3-7-12(8-4-1)15-16-14-11-17-13-9-5-2-6-10-13/h1-10H,11H2,(H,14,15). The summed E-state index contributed by atoms with van der Waals surface area (Å²) in [5.41, 5.74) is 3.82. The van der Waals surface area contributed by atoms with E-state index in [1.165, 1.54) is 4.90 Å². The molecule has 0 atom stereocenters. The fraction of sp³-hybridized carbons (Fsp3) is 0.0769. The number of anilines is 1. The smallest absolute Gasteiger partial charge is 0.112 e. The first-order valence-electron chi connectivity index (χ1n) is 5.30. The minimum absolute atomic E-state index is 0.615. The van der Waals surface area contributed by atoms with Gasteiger partial charge in [-0.25, -0.2) is 0 Å². The molecule has 0 saturated carbocycles. The highest BCUT2D eigenvalue weighted by Crippen LogP contribution is 2.16. The second kappa shape index (κ2) is 6.70. The molecule has 0 amide bonds. The van der Waals surface area contributed by atoms with Crippen molar-refractivity contribution in [1.29, 1.82) is 0 Å². The van der Waals surface area contributed by atoms with Crippen molar-refractivity contribution < 1.29 is 0 Å². The zero-order valence-corrected chi connectivity index (χ0v) is 10.1. The van der Waals surface area contributed by atoms with Crippen LogP contribution in [0.5, 0.6) is 0 Å². The van der Waals surface area contributed by atoms with Gasteiger partial charge in [-0.1, -0.05) is 41.6 Å². The Kier molecular flexibility index (Phi) is 4.60. The molecule has 86 valence electrons. The van der Waals surface area contributed by atoms with Gasteiger partial charge < -0.3 is 0 Å². The van der Waals surface area contributed by atoms with Crippen molar-refractivity contribution in [1.82, 2.24) is 0 Å². The lowest BCUT2D eigenvalue weighted by molar-refractivity contribution is 1.06. The Balaban J connectivity index is 1.72. The minimum Gasteiger partial charge on any atom is -0.260 e. The summed E-state index contributed by atoms with van der Waals surface area (Å²) in [5, 5.41) is 7.95. The topological polar surface area (TPSA) is 36.8 Å². The van der Waals surface area contributed by atoms with Crippen LogP contribution in [0.3, 0.4) is 0 Å². The van der Waals surface area contributed by atoms with Crippen LogP contribution in [0.25, 0.3) is 0 Å². The van der Waals surface area contributed by atoms with Gasteiger partial charge in [-0.05, 0) is 24.3 Å². The highest BCUT2D eigenvalue weighted by Gasteiger charge is 1.89. The fourth-order valence-electron chi connectivity index (χ4n) is 1.25. The quantitative estimate of drug-likeness (QED) is 0.485. The molecule has 3 nitrogen and oxygen atoms in total. The zero-order chi connectivity index (χ0) is 11.8. The molecule has 0 aliphatic rings. The van der Waals surface area contributed by atoms with Crippen molar-refractivity contribution in [3.05, 3.63) is 60.7 Å². The second-order valence-electron chi connectivity index (χ2n) is 3.31. The summed E-state index contributed by atoms with van der Waals surface area (Å²) in [5.74, 6) is 0.615. The SMILES string of the molecule is c1ccc(N/N=N/CSc2ccccc2)cc1. The third-order valence-corrected chi connectivity index (χ3v) is 2.91. The Bertz CT molecular complexity index is 457. The number of nitrogens with zero attached hydrogens (tertiary/aromatic N) is 2. The average molecular weight is 243 g/mol. The van der Waals surface area contributed by atoms with Gasteiger partial charge >= 0.3 is 0 Å². The Morgan fingerprint density at radius 3 is 2.24 bits per heavy atom. The van der Waals surface area contributed by atoms with Crippen LogP contribution in [0.15, 0.2) is 75.9 Å². The largest absolute Gasteiger partial charge is 0.260 e. The molecule has 0 aliphatic carbocycles. The van der Waals surface area contributed by atoms with E-state index in [4.69, 9.17) is 0 Å². The fourth-order valence-corrected chi connectivity index (χ4v) is 1.87.